The van der Waals surface area contributed by atoms with E-state index in [1.807, 2.05) is 30.3 Å². The van der Waals surface area contributed by atoms with Crippen molar-refractivity contribution in [2.45, 2.75) is 19.4 Å². The van der Waals surface area contributed by atoms with E-state index < -0.39 is 0 Å². The van der Waals surface area contributed by atoms with Crippen LogP contribution < -0.4 is 18.9 Å². The van der Waals surface area contributed by atoms with Crippen LogP contribution in [0.5, 0.6) is 23.0 Å². The summed E-state index contributed by atoms with van der Waals surface area (Å²) in [6.07, 6.45) is 1.15. The Balaban J connectivity index is 1.98. The highest BCUT2D eigenvalue weighted by Gasteiger charge is 2.42. The summed E-state index contributed by atoms with van der Waals surface area (Å²) >= 11 is 0. The van der Waals surface area contributed by atoms with Gasteiger partial charge in [0.15, 0.2) is 11.5 Å². The van der Waals surface area contributed by atoms with Crippen LogP contribution in [0.3, 0.4) is 0 Å². The van der Waals surface area contributed by atoms with Crippen LogP contribution in [0.2, 0.25) is 0 Å². The zero-order chi connectivity index (χ0) is 17.1. The van der Waals surface area contributed by atoms with E-state index in [2.05, 4.69) is 19.1 Å². The molecule has 2 aromatic carbocycles. The van der Waals surface area contributed by atoms with Crippen LogP contribution in [-0.4, -0.2) is 21.3 Å². The van der Waals surface area contributed by atoms with Crippen molar-refractivity contribution in [2.24, 2.45) is 11.8 Å². The second-order valence-corrected chi connectivity index (χ2v) is 6.19. The lowest BCUT2D eigenvalue weighted by Gasteiger charge is -2.23. The molecule has 3 atom stereocenters. The molecule has 24 heavy (non-hydrogen) atoms. The first-order valence-electron chi connectivity index (χ1n) is 8.19. The van der Waals surface area contributed by atoms with Gasteiger partial charge in [-0.1, -0.05) is 37.3 Å². The fraction of sp³-hybridized carbons (Fsp3) is 0.400. The minimum Gasteiger partial charge on any atom is -0.496 e. The van der Waals surface area contributed by atoms with E-state index in [-0.39, 0.29) is 6.10 Å². The number of methoxy groups -OCH3 is 3. The molecule has 1 unspecified atom stereocenters. The van der Waals surface area contributed by atoms with Gasteiger partial charge in [0.05, 0.1) is 21.3 Å². The van der Waals surface area contributed by atoms with Gasteiger partial charge in [0.1, 0.15) is 11.9 Å². The summed E-state index contributed by atoms with van der Waals surface area (Å²) in [7, 11) is 4.87. The zero-order valence-corrected chi connectivity index (χ0v) is 14.6. The lowest BCUT2D eigenvalue weighted by molar-refractivity contribution is 0.161. The standard InChI is InChI=1S/C20H24O4/c1-13-10-16(13)19(14-8-6-5-7-9-14)24-20-17(22-3)11-15(21-2)12-18(20)23-4/h5-9,11-13,16,19H,10H2,1-4H3/t13-,16+,19?/m0/s1. The van der Waals surface area contributed by atoms with Crippen molar-refractivity contribution in [3.63, 3.8) is 0 Å². The van der Waals surface area contributed by atoms with E-state index in [4.69, 9.17) is 18.9 Å². The molecule has 0 bridgehead atoms. The van der Waals surface area contributed by atoms with E-state index >= 15 is 0 Å². The van der Waals surface area contributed by atoms with Gasteiger partial charge in [-0.3, -0.25) is 0 Å². The topological polar surface area (TPSA) is 36.9 Å². The van der Waals surface area contributed by atoms with Gasteiger partial charge in [0, 0.05) is 18.1 Å². The first kappa shape index (κ1) is 16.5. The summed E-state index contributed by atoms with van der Waals surface area (Å²) < 4.78 is 22.8. The van der Waals surface area contributed by atoms with Gasteiger partial charge >= 0.3 is 0 Å². The molecule has 0 radical (unpaired) electrons. The summed E-state index contributed by atoms with van der Waals surface area (Å²) in [5.74, 6) is 3.68. The minimum absolute atomic E-state index is 0.0163. The number of ether oxygens (including phenoxy) is 4. The molecule has 0 aromatic heterocycles. The predicted octanol–water partition coefficient (Wildman–Crippen LogP) is 4.49. The normalized spacial score (nSPS) is 20.2. The molecule has 4 nitrogen and oxygen atoms in total. The van der Waals surface area contributed by atoms with Crippen LogP contribution in [0.4, 0.5) is 0 Å². The average molecular weight is 328 g/mol. The predicted molar refractivity (Wildman–Crippen MR) is 93.2 cm³/mol. The molecule has 1 aliphatic carbocycles. The maximum Gasteiger partial charge on any atom is 0.204 e. The number of hydrogen-bond acceptors (Lipinski definition) is 4. The molecular formula is C20H24O4. The molecule has 1 saturated carbocycles. The minimum atomic E-state index is -0.0163. The Morgan fingerprint density at radius 3 is 1.96 bits per heavy atom. The summed E-state index contributed by atoms with van der Waals surface area (Å²) in [6, 6.07) is 14.0. The van der Waals surface area contributed by atoms with Crippen molar-refractivity contribution in [3.8, 4) is 23.0 Å². The van der Waals surface area contributed by atoms with Crippen molar-refractivity contribution in [1.29, 1.82) is 0 Å². The quantitative estimate of drug-likeness (QED) is 0.750. The smallest absolute Gasteiger partial charge is 0.204 e. The van der Waals surface area contributed by atoms with Crippen LogP contribution in [-0.2, 0) is 0 Å². The molecule has 128 valence electrons. The maximum atomic E-state index is 6.43. The molecule has 0 amide bonds. The van der Waals surface area contributed by atoms with E-state index in [1.54, 1.807) is 21.3 Å². The number of hydrogen-bond donors (Lipinski definition) is 0. The lowest BCUT2D eigenvalue weighted by atomic mass is 10.0. The Kier molecular flexibility index (Phi) is 4.84. The first-order valence-corrected chi connectivity index (χ1v) is 8.19. The third kappa shape index (κ3) is 3.28. The number of rotatable bonds is 7. The number of benzene rings is 2. The molecule has 0 aliphatic heterocycles. The monoisotopic (exact) mass is 328 g/mol. The van der Waals surface area contributed by atoms with E-state index in [9.17, 15) is 0 Å². The van der Waals surface area contributed by atoms with Crippen LogP contribution in [0, 0.1) is 11.8 Å². The Morgan fingerprint density at radius 2 is 1.50 bits per heavy atom. The van der Waals surface area contributed by atoms with Gasteiger partial charge in [-0.15, -0.1) is 0 Å². The van der Waals surface area contributed by atoms with Gasteiger partial charge in [-0.05, 0) is 17.9 Å². The average Bonchev–Trinajstić information content (AvgIpc) is 3.35. The molecule has 0 saturated heterocycles. The third-order valence-electron chi connectivity index (χ3n) is 4.60. The van der Waals surface area contributed by atoms with E-state index in [0.717, 1.165) is 0 Å². The molecule has 0 spiro atoms. The van der Waals surface area contributed by atoms with Crippen molar-refractivity contribution in [1.82, 2.24) is 0 Å². The second-order valence-electron chi connectivity index (χ2n) is 6.19. The van der Waals surface area contributed by atoms with Crippen molar-refractivity contribution in [2.75, 3.05) is 21.3 Å². The highest BCUT2D eigenvalue weighted by Crippen LogP contribution is 2.51. The largest absolute Gasteiger partial charge is 0.496 e. The van der Waals surface area contributed by atoms with E-state index in [0.29, 0.717) is 34.8 Å². The Morgan fingerprint density at radius 1 is 0.917 bits per heavy atom. The van der Waals surface area contributed by atoms with Crippen LogP contribution in [0.1, 0.15) is 25.0 Å². The van der Waals surface area contributed by atoms with Crippen molar-refractivity contribution < 1.29 is 18.9 Å². The Labute approximate surface area is 143 Å². The molecule has 1 aliphatic rings. The summed E-state index contributed by atoms with van der Waals surface area (Å²) in [5.41, 5.74) is 1.17. The van der Waals surface area contributed by atoms with Crippen LogP contribution in [0.25, 0.3) is 0 Å². The van der Waals surface area contributed by atoms with Gasteiger partial charge in [0.25, 0.3) is 0 Å². The second kappa shape index (κ2) is 7.04. The Hall–Kier alpha value is -2.36. The van der Waals surface area contributed by atoms with Gasteiger partial charge in [-0.2, -0.15) is 0 Å². The molecule has 0 N–H and O–H groups in total. The highest BCUT2D eigenvalue weighted by atomic mass is 16.5. The first-order chi connectivity index (χ1) is 11.7. The Bertz CT molecular complexity index is 658. The van der Waals surface area contributed by atoms with Gasteiger partial charge in [0.2, 0.25) is 5.75 Å². The SMILES string of the molecule is COc1cc(OC)c(OC(c2ccccc2)[C@@H]2C[C@@H]2C)c(OC)c1. The van der Waals surface area contributed by atoms with Gasteiger partial charge in [-0.25, -0.2) is 0 Å². The summed E-state index contributed by atoms with van der Waals surface area (Å²) in [4.78, 5) is 0. The van der Waals surface area contributed by atoms with Gasteiger partial charge < -0.3 is 18.9 Å². The summed E-state index contributed by atoms with van der Waals surface area (Å²) in [5, 5.41) is 0. The highest BCUT2D eigenvalue weighted by molar-refractivity contribution is 5.56. The summed E-state index contributed by atoms with van der Waals surface area (Å²) in [6.45, 7) is 2.26. The molecule has 0 heterocycles. The zero-order valence-electron chi connectivity index (χ0n) is 14.6. The van der Waals surface area contributed by atoms with Crippen LogP contribution in [0.15, 0.2) is 42.5 Å². The molecular weight excluding hydrogens is 304 g/mol. The third-order valence-corrected chi connectivity index (χ3v) is 4.60. The maximum absolute atomic E-state index is 6.43. The van der Waals surface area contributed by atoms with Crippen molar-refractivity contribution >= 4 is 0 Å². The fourth-order valence-electron chi connectivity index (χ4n) is 3.03. The van der Waals surface area contributed by atoms with E-state index in [1.165, 1.54) is 12.0 Å². The molecule has 1 fully saturated rings. The molecule has 3 rings (SSSR count). The van der Waals surface area contributed by atoms with Crippen LogP contribution >= 0.6 is 0 Å². The van der Waals surface area contributed by atoms with Crippen molar-refractivity contribution in [3.05, 3.63) is 48.0 Å². The fourth-order valence-corrected chi connectivity index (χ4v) is 3.03. The molecule has 2 aromatic rings. The molecule has 4 heteroatoms. The lowest BCUT2D eigenvalue weighted by Crippen LogP contribution is -2.12.